The molecule has 0 amide bonds. The van der Waals surface area contributed by atoms with Gasteiger partial charge in [-0.25, -0.2) is 0 Å². The average molecular weight is 270 g/mol. The van der Waals surface area contributed by atoms with Crippen molar-refractivity contribution in [3.8, 4) is 0 Å². The number of carbonyl (C=O) groups is 1. The molecule has 4 aliphatic carbocycles. The van der Waals surface area contributed by atoms with Crippen LogP contribution in [0.2, 0.25) is 0 Å². The first-order valence-corrected chi connectivity index (χ1v) is 7.89. The van der Waals surface area contributed by atoms with Gasteiger partial charge in [-0.2, -0.15) is 0 Å². The lowest BCUT2D eigenvalue weighted by molar-refractivity contribution is -0.129. The first-order chi connectivity index (χ1) is 9.59. The highest BCUT2D eigenvalue weighted by Gasteiger charge is 2.54. The van der Waals surface area contributed by atoms with Crippen LogP contribution in [0.25, 0.3) is 0 Å². The normalized spacial score (nSPS) is 49.4. The summed E-state index contributed by atoms with van der Waals surface area (Å²) in [6.07, 6.45) is 14.2. The third-order valence-corrected chi connectivity index (χ3v) is 6.33. The summed E-state index contributed by atoms with van der Waals surface area (Å²) in [7, 11) is 0. The second-order valence-corrected chi connectivity index (χ2v) is 7.19. The average Bonchev–Trinajstić information content (AvgIpc) is 2.74. The van der Waals surface area contributed by atoms with Crippen LogP contribution < -0.4 is 0 Å². The molecule has 0 saturated heterocycles. The fourth-order valence-electron chi connectivity index (χ4n) is 5.18. The molecule has 2 heteroatoms. The number of Topliss-reactive ketones (excluding diaryl/α,β-unsaturated/α-hetero) is 1. The van der Waals surface area contributed by atoms with E-state index >= 15 is 0 Å². The molecular formula is C18H22O2. The Balaban J connectivity index is 1.71. The molecule has 20 heavy (non-hydrogen) atoms. The van der Waals surface area contributed by atoms with Crippen LogP contribution in [0.4, 0.5) is 0 Å². The molecule has 2 saturated carbocycles. The fourth-order valence-corrected chi connectivity index (χ4v) is 5.18. The molecule has 0 aromatic carbocycles. The molecule has 0 aliphatic heterocycles. The first-order valence-electron chi connectivity index (χ1n) is 7.89. The Morgan fingerprint density at radius 1 is 1.25 bits per heavy atom. The Morgan fingerprint density at radius 2 is 2.10 bits per heavy atom. The van der Waals surface area contributed by atoms with E-state index in [1.165, 1.54) is 5.57 Å². The molecule has 0 aromatic heterocycles. The molecular weight excluding hydrogens is 248 g/mol. The van der Waals surface area contributed by atoms with E-state index in [0.717, 1.165) is 25.7 Å². The molecule has 0 bridgehead atoms. The van der Waals surface area contributed by atoms with Gasteiger partial charge in [-0.05, 0) is 48.7 Å². The quantitative estimate of drug-likeness (QED) is 0.687. The summed E-state index contributed by atoms with van der Waals surface area (Å²) in [5.41, 5.74) is 1.21. The van der Waals surface area contributed by atoms with Gasteiger partial charge >= 0.3 is 0 Å². The summed E-state index contributed by atoms with van der Waals surface area (Å²) < 4.78 is 0. The molecule has 0 radical (unpaired) electrons. The predicted octanol–water partition coefficient (Wildman–Crippen LogP) is 3.04. The molecule has 1 unspecified atom stereocenters. The van der Waals surface area contributed by atoms with Gasteiger partial charge < -0.3 is 5.11 Å². The molecule has 1 N–H and O–H groups in total. The lowest BCUT2D eigenvalue weighted by Crippen LogP contribution is -2.44. The summed E-state index contributed by atoms with van der Waals surface area (Å²) >= 11 is 0. The van der Waals surface area contributed by atoms with Crippen molar-refractivity contribution in [3.05, 3.63) is 36.0 Å². The monoisotopic (exact) mass is 270 g/mol. The number of aliphatic hydroxyl groups is 1. The van der Waals surface area contributed by atoms with Crippen LogP contribution in [-0.4, -0.2) is 17.0 Å². The van der Waals surface area contributed by atoms with Crippen LogP contribution in [0.1, 0.15) is 32.6 Å². The minimum atomic E-state index is -0.427. The Morgan fingerprint density at radius 3 is 2.95 bits per heavy atom. The van der Waals surface area contributed by atoms with E-state index in [1.54, 1.807) is 0 Å². The van der Waals surface area contributed by atoms with Crippen molar-refractivity contribution in [2.75, 3.05) is 0 Å². The lowest BCUT2D eigenvalue weighted by atomic mass is 9.55. The fraction of sp³-hybridized carbons (Fsp3) is 0.611. The van der Waals surface area contributed by atoms with Gasteiger partial charge in [0, 0.05) is 17.8 Å². The van der Waals surface area contributed by atoms with Gasteiger partial charge in [0.15, 0.2) is 0 Å². The van der Waals surface area contributed by atoms with Crippen LogP contribution in [0.15, 0.2) is 36.0 Å². The van der Waals surface area contributed by atoms with Crippen LogP contribution in [0.3, 0.4) is 0 Å². The summed E-state index contributed by atoms with van der Waals surface area (Å²) in [4.78, 5) is 12.2. The van der Waals surface area contributed by atoms with Gasteiger partial charge in [0.2, 0.25) is 0 Å². The van der Waals surface area contributed by atoms with Gasteiger partial charge in [0.25, 0.3) is 0 Å². The van der Waals surface area contributed by atoms with E-state index in [2.05, 4.69) is 25.2 Å². The van der Waals surface area contributed by atoms with Gasteiger partial charge in [0.05, 0.1) is 6.10 Å². The Kier molecular flexibility index (Phi) is 2.62. The third kappa shape index (κ3) is 1.57. The van der Waals surface area contributed by atoms with Crippen molar-refractivity contribution >= 4 is 5.78 Å². The number of aliphatic hydroxyl groups excluding tert-OH is 1. The maximum atomic E-state index is 12.2. The van der Waals surface area contributed by atoms with E-state index < -0.39 is 6.10 Å². The highest BCUT2D eigenvalue weighted by Crippen LogP contribution is 2.58. The highest BCUT2D eigenvalue weighted by molar-refractivity contribution is 5.87. The van der Waals surface area contributed by atoms with Crippen LogP contribution in [0, 0.1) is 29.1 Å². The highest BCUT2D eigenvalue weighted by atomic mass is 16.3. The van der Waals surface area contributed by atoms with Crippen molar-refractivity contribution in [1.29, 1.82) is 0 Å². The second kappa shape index (κ2) is 4.17. The topological polar surface area (TPSA) is 37.3 Å². The van der Waals surface area contributed by atoms with E-state index in [0.29, 0.717) is 29.5 Å². The van der Waals surface area contributed by atoms with Crippen molar-refractivity contribution in [1.82, 2.24) is 0 Å². The molecule has 0 heterocycles. The minimum Gasteiger partial charge on any atom is -0.385 e. The lowest BCUT2D eigenvalue weighted by Gasteiger charge is -2.49. The second-order valence-electron chi connectivity index (χ2n) is 7.19. The van der Waals surface area contributed by atoms with Crippen LogP contribution >= 0.6 is 0 Å². The number of ketones is 1. The zero-order valence-corrected chi connectivity index (χ0v) is 12.0. The molecule has 0 aromatic rings. The number of rotatable bonds is 0. The zero-order valence-electron chi connectivity index (χ0n) is 12.0. The van der Waals surface area contributed by atoms with Gasteiger partial charge in [-0.1, -0.05) is 31.2 Å². The number of hydrogen-bond donors (Lipinski definition) is 1. The minimum absolute atomic E-state index is 0.0649. The van der Waals surface area contributed by atoms with Crippen molar-refractivity contribution in [2.24, 2.45) is 29.1 Å². The van der Waals surface area contributed by atoms with Crippen LogP contribution in [-0.2, 0) is 4.79 Å². The molecule has 4 aliphatic rings. The molecule has 0 spiro atoms. The largest absolute Gasteiger partial charge is 0.385 e. The SMILES string of the molecule is C[C@]12CC[C@H]3[C@@H](C=CC4=CC(O)C=C[C@@H]43)[C@@H]1CCC2=O. The van der Waals surface area contributed by atoms with Crippen molar-refractivity contribution in [2.45, 2.75) is 38.7 Å². The molecule has 106 valence electrons. The number of hydrogen-bond acceptors (Lipinski definition) is 2. The van der Waals surface area contributed by atoms with Crippen molar-refractivity contribution in [3.63, 3.8) is 0 Å². The summed E-state index contributed by atoms with van der Waals surface area (Å²) in [6.45, 7) is 2.20. The molecule has 2 nitrogen and oxygen atoms in total. The Hall–Kier alpha value is -1.15. The van der Waals surface area contributed by atoms with E-state index in [4.69, 9.17) is 0 Å². The number of allylic oxidation sites excluding steroid dienone is 4. The third-order valence-electron chi connectivity index (χ3n) is 6.33. The van der Waals surface area contributed by atoms with Gasteiger partial charge in [-0.15, -0.1) is 0 Å². The summed E-state index contributed by atoms with van der Waals surface area (Å²) in [5.74, 6) is 2.65. The molecule has 4 rings (SSSR count). The Labute approximate surface area is 120 Å². The molecule has 2 fully saturated rings. The van der Waals surface area contributed by atoms with E-state index in [-0.39, 0.29) is 5.41 Å². The zero-order chi connectivity index (χ0) is 13.9. The Bertz CT molecular complexity index is 542. The van der Waals surface area contributed by atoms with Crippen molar-refractivity contribution < 1.29 is 9.90 Å². The smallest absolute Gasteiger partial charge is 0.139 e. The first kappa shape index (κ1) is 12.6. The van der Waals surface area contributed by atoms with E-state index in [9.17, 15) is 9.90 Å². The van der Waals surface area contributed by atoms with Crippen LogP contribution in [0.5, 0.6) is 0 Å². The predicted molar refractivity (Wildman–Crippen MR) is 77.9 cm³/mol. The van der Waals surface area contributed by atoms with Gasteiger partial charge in [-0.3, -0.25) is 4.79 Å². The molecule has 6 atom stereocenters. The standard InChI is InChI=1S/C18H22O2/c1-18-9-8-14-13-5-3-12(19)10-11(13)2-4-15(14)16(18)6-7-17(18)20/h2-5,10,12-16,19H,6-9H2,1H3/t12?,13-,14+,15+,16-,18-/m0/s1. The van der Waals surface area contributed by atoms with E-state index in [1.807, 2.05) is 12.2 Å². The number of fused-ring (bicyclic) bond motifs is 5. The number of carbonyl (C=O) groups excluding carboxylic acids is 1. The summed E-state index contributed by atoms with van der Waals surface area (Å²) in [5, 5.41) is 9.73. The van der Waals surface area contributed by atoms with Gasteiger partial charge in [0.1, 0.15) is 5.78 Å². The maximum absolute atomic E-state index is 12.2. The summed E-state index contributed by atoms with van der Waals surface area (Å²) in [6, 6.07) is 0. The maximum Gasteiger partial charge on any atom is 0.139 e.